The number of aliphatic hydroxyl groups is 1. The molecule has 3 heterocycles. The van der Waals surface area contributed by atoms with Crippen LogP contribution in [0.3, 0.4) is 0 Å². The maximum atomic E-state index is 12.1. The fourth-order valence-corrected chi connectivity index (χ4v) is 4.86. The van der Waals surface area contributed by atoms with Gasteiger partial charge in [0.1, 0.15) is 12.2 Å². The summed E-state index contributed by atoms with van der Waals surface area (Å²) in [6.07, 6.45) is 0.512. The number of carboxylic acids is 1. The van der Waals surface area contributed by atoms with E-state index in [1.165, 1.54) is 0 Å². The number of aliphatic carboxylic acids is 1. The van der Waals surface area contributed by atoms with E-state index in [4.69, 9.17) is 19.3 Å². The van der Waals surface area contributed by atoms with E-state index in [0.717, 1.165) is 36.2 Å². The number of esters is 1. The third-order valence-electron chi connectivity index (χ3n) is 6.06. The Morgan fingerprint density at radius 1 is 1.21 bits per heavy atom. The Morgan fingerprint density at radius 3 is 2.79 bits per heavy atom. The number of hydrogen-bond donors (Lipinski definition) is 2. The first-order valence-electron chi connectivity index (χ1n) is 9.47. The molecule has 1 fully saturated rings. The van der Waals surface area contributed by atoms with Crippen LogP contribution in [0, 0.1) is 0 Å². The molecule has 0 spiro atoms. The maximum absolute atomic E-state index is 12.1. The lowest BCUT2D eigenvalue weighted by Crippen LogP contribution is -2.50. The molecule has 0 aromatic heterocycles. The molecule has 8 nitrogen and oxygen atoms in total. The van der Waals surface area contributed by atoms with Gasteiger partial charge >= 0.3 is 11.9 Å². The zero-order valence-electron chi connectivity index (χ0n) is 15.2. The minimum Gasteiger partial charge on any atom is -0.481 e. The van der Waals surface area contributed by atoms with Gasteiger partial charge in [0.2, 0.25) is 6.79 Å². The normalized spacial score (nSPS) is 29.7. The van der Waals surface area contributed by atoms with Crippen molar-refractivity contribution in [3.63, 3.8) is 0 Å². The second-order valence-corrected chi connectivity index (χ2v) is 7.68. The molecule has 1 aliphatic carbocycles. The highest BCUT2D eigenvalue weighted by Gasteiger charge is 2.50. The van der Waals surface area contributed by atoms with Crippen LogP contribution in [0.5, 0.6) is 11.5 Å². The van der Waals surface area contributed by atoms with Crippen molar-refractivity contribution < 1.29 is 34.0 Å². The minimum atomic E-state index is -1.05. The van der Waals surface area contributed by atoms with Gasteiger partial charge < -0.3 is 24.4 Å². The lowest BCUT2D eigenvalue weighted by Gasteiger charge is -2.45. The average molecular weight is 387 g/mol. The Hall–Kier alpha value is -2.58. The standard InChI is InChI=1S/C20H21NO7/c22-16(23)1-2-17(24)28-15-5-10-3-4-21-8-11-6-13-14(27-9-26-13)7-12(11)18(19(10)21)20(15)25/h5-7,15,18-20,25H,1-4,8-9H2,(H,22,23). The number of carbonyl (C=O) groups excluding carboxylic acids is 1. The van der Waals surface area contributed by atoms with Crippen LogP contribution in [0.15, 0.2) is 23.8 Å². The maximum Gasteiger partial charge on any atom is 0.307 e. The summed E-state index contributed by atoms with van der Waals surface area (Å²) in [6, 6.07) is 4.00. The van der Waals surface area contributed by atoms with Crippen molar-refractivity contribution in [3.8, 4) is 11.5 Å². The summed E-state index contributed by atoms with van der Waals surface area (Å²) in [4.78, 5) is 25.1. The van der Waals surface area contributed by atoms with E-state index >= 15 is 0 Å². The minimum absolute atomic E-state index is 0.0804. The molecular weight excluding hydrogens is 366 g/mol. The van der Waals surface area contributed by atoms with Crippen molar-refractivity contribution in [2.75, 3.05) is 13.3 Å². The van der Waals surface area contributed by atoms with E-state index in [-0.39, 0.29) is 31.6 Å². The number of aliphatic hydroxyl groups excluding tert-OH is 1. The second-order valence-electron chi connectivity index (χ2n) is 7.68. The first-order valence-corrected chi connectivity index (χ1v) is 9.47. The quantitative estimate of drug-likeness (QED) is 0.586. The molecule has 8 heteroatoms. The van der Waals surface area contributed by atoms with Crippen LogP contribution < -0.4 is 9.47 Å². The predicted octanol–water partition coefficient (Wildman–Crippen LogP) is 1.16. The Labute approximate surface area is 161 Å². The molecule has 0 radical (unpaired) electrons. The van der Waals surface area contributed by atoms with Gasteiger partial charge in [0.15, 0.2) is 11.5 Å². The molecule has 0 bridgehead atoms. The van der Waals surface area contributed by atoms with Crippen LogP contribution in [0.4, 0.5) is 0 Å². The van der Waals surface area contributed by atoms with Crippen LogP contribution >= 0.6 is 0 Å². The number of carboxylic acid groups (broad SMARTS) is 1. The smallest absolute Gasteiger partial charge is 0.307 e. The Morgan fingerprint density at radius 2 is 2.00 bits per heavy atom. The molecule has 1 aromatic carbocycles. The summed E-state index contributed by atoms with van der Waals surface area (Å²) in [6.45, 7) is 1.85. The molecule has 3 aliphatic heterocycles. The van der Waals surface area contributed by atoms with E-state index in [1.54, 1.807) is 0 Å². The van der Waals surface area contributed by atoms with Crippen LogP contribution in [-0.2, 0) is 20.9 Å². The molecule has 0 amide bonds. The summed E-state index contributed by atoms with van der Waals surface area (Å²) in [5, 5.41) is 19.9. The molecule has 1 saturated heterocycles. The number of hydrogen-bond acceptors (Lipinski definition) is 7. The zero-order chi connectivity index (χ0) is 19.4. The van der Waals surface area contributed by atoms with Gasteiger partial charge in [-0.3, -0.25) is 14.5 Å². The van der Waals surface area contributed by atoms with Gasteiger partial charge in [0, 0.05) is 25.0 Å². The number of ether oxygens (including phenoxy) is 3. The van der Waals surface area contributed by atoms with Crippen LogP contribution in [0.25, 0.3) is 0 Å². The summed E-state index contributed by atoms with van der Waals surface area (Å²) in [5.74, 6) is -0.516. The molecule has 4 aliphatic rings. The van der Waals surface area contributed by atoms with Gasteiger partial charge in [-0.05, 0) is 35.8 Å². The first-order chi connectivity index (χ1) is 13.5. The SMILES string of the molecule is O=C(O)CCC(=O)OC1C=C2CCN3Cc4cc5c(cc4C(C1O)C23)OCO5. The van der Waals surface area contributed by atoms with Gasteiger partial charge in [-0.2, -0.15) is 0 Å². The van der Waals surface area contributed by atoms with E-state index in [9.17, 15) is 14.7 Å². The van der Waals surface area contributed by atoms with Gasteiger partial charge in [-0.15, -0.1) is 0 Å². The highest BCUT2D eigenvalue weighted by molar-refractivity contribution is 5.76. The van der Waals surface area contributed by atoms with Gasteiger partial charge in [-0.1, -0.05) is 5.57 Å². The number of carbonyl (C=O) groups is 2. The monoisotopic (exact) mass is 387 g/mol. The Balaban J connectivity index is 1.46. The summed E-state index contributed by atoms with van der Waals surface area (Å²) >= 11 is 0. The lowest BCUT2D eigenvalue weighted by atomic mass is 9.73. The third-order valence-corrected chi connectivity index (χ3v) is 6.06. The van der Waals surface area contributed by atoms with E-state index < -0.39 is 24.1 Å². The van der Waals surface area contributed by atoms with Crippen molar-refractivity contribution in [1.82, 2.24) is 4.90 Å². The topological polar surface area (TPSA) is 106 Å². The number of benzene rings is 1. The molecular formula is C20H21NO7. The van der Waals surface area contributed by atoms with Crippen molar-refractivity contribution in [2.24, 2.45) is 0 Å². The number of rotatable bonds is 4. The first kappa shape index (κ1) is 17.5. The molecule has 4 atom stereocenters. The van der Waals surface area contributed by atoms with Crippen LogP contribution in [0.2, 0.25) is 0 Å². The molecule has 1 aromatic rings. The lowest BCUT2D eigenvalue weighted by molar-refractivity contribution is -0.155. The average Bonchev–Trinajstić information content (AvgIpc) is 3.28. The van der Waals surface area contributed by atoms with Gasteiger partial charge in [0.25, 0.3) is 0 Å². The van der Waals surface area contributed by atoms with Crippen molar-refractivity contribution >= 4 is 11.9 Å². The van der Waals surface area contributed by atoms with Gasteiger partial charge in [0.05, 0.1) is 12.8 Å². The fourth-order valence-electron chi connectivity index (χ4n) is 4.86. The summed E-state index contributed by atoms with van der Waals surface area (Å²) in [5.41, 5.74) is 3.25. The van der Waals surface area contributed by atoms with Crippen LogP contribution in [0.1, 0.15) is 36.3 Å². The largest absolute Gasteiger partial charge is 0.481 e. The van der Waals surface area contributed by atoms with E-state index in [0.29, 0.717) is 11.5 Å². The highest BCUT2D eigenvalue weighted by atomic mass is 16.7. The highest BCUT2D eigenvalue weighted by Crippen LogP contribution is 2.50. The van der Waals surface area contributed by atoms with E-state index in [2.05, 4.69) is 4.90 Å². The van der Waals surface area contributed by atoms with Crippen molar-refractivity contribution in [2.45, 2.75) is 50.0 Å². The number of fused-ring (bicyclic) bond motifs is 3. The zero-order valence-corrected chi connectivity index (χ0v) is 15.2. The van der Waals surface area contributed by atoms with Crippen molar-refractivity contribution in [1.29, 1.82) is 0 Å². The molecule has 2 N–H and O–H groups in total. The summed E-state index contributed by atoms with van der Waals surface area (Å²) < 4.78 is 16.5. The second kappa shape index (κ2) is 6.49. The molecule has 148 valence electrons. The van der Waals surface area contributed by atoms with Crippen molar-refractivity contribution in [3.05, 3.63) is 34.9 Å². The Bertz CT molecular complexity index is 880. The molecule has 28 heavy (non-hydrogen) atoms. The molecule has 0 saturated carbocycles. The summed E-state index contributed by atoms with van der Waals surface area (Å²) in [7, 11) is 0. The Kier molecular flexibility index (Phi) is 4.06. The third kappa shape index (κ3) is 2.75. The van der Waals surface area contributed by atoms with Gasteiger partial charge in [-0.25, -0.2) is 0 Å². The van der Waals surface area contributed by atoms with Crippen LogP contribution in [-0.4, -0.2) is 58.6 Å². The van der Waals surface area contributed by atoms with E-state index in [1.807, 2.05) is 18.2 Å². The fraction of sp³-hybridized carbons (Fsp3) is 0.500. The molecule has 4 unspecified atom stereocenters. The molecule has 5 rings (SSSR count). The predicted molar refractivity (Wildman–Crippen MR) is 95.0 cm³/mol. The number of nitrogens with zero attached hydrogens (tertiary/aromatic N) is 1.